The maximum Gasteiger partial charge on any atom is 0.522 e. The Bertz CT molecular complexity index is 950. The smallest absolute Gasteiger partial charge is 0.433 e. The minimum Gasteiger partial charge on any atom is -0.433 e. The Morgan fingerprint density at radius 1 is 1.32 bits per heavy atom. The summed E-state index contributed by atoms with van der Waals surface area (Å²) < 4.78 is 71.7. The number of nitrogens with one attached hydrogen (secondary N) is 1. The number of benzene rings is 1. The zero-order valence-corrected chi connectivity index (χ0v) is 16.1. The summed E-state index contributed by atoms with van der Waals surface area (Å²) in [4.78, 5) is 12.5. The number of carbonyl (C=O) groups is 1. The molecule has 0 saturated carbocycles. The minimum atomic E-state index is -4.86. The molecule has 0 aliphatic carbocycles. The summed E-state index contributed by atoms with van der Waals surface area (Å²) in [7, 11) is 1.67. The number of hydrogen-bond donors (Lipinski definition) is 2. The second-order valence-corrected chi connectivity index (χ2v) is 6.15. The predicted molar refractivity (Wildman–Crippen MR) is 97.2 cm³/mol. The molecule has 0 fully saturated rings. The van der Waals surface area contributed by atoms with Gasteiger partial charge in [-0.25, -0.2) is 0 Å². The molecule has 168 valence electrons. The normalized spacial score (nSPS) is 12.3. The lowest BCUT2D eigenvalue weighted by atomic mass is 10.1. The summed E-state index contributed by atoms with van der Waals surface area (Å²) in [6.45, 7) is -4.77. The van der Waals surface area contributed by atoms with Crippen LogP contribution in [0, 0.1) is 11.8 Å². The number of amides is 1. The molecule has 0 aliphatic heterocycles. The molecule has 0 aliphatic rings. The Hall–Kier alpha value is -3.17. The fraction of sp³-hybridized carbons (Fsp3) is 0.368. The van der Waals surface area contributed by atoms with Crippen LogP contribution >= 0.6 is 0 Å². The lowest BCUT2D eigenvalue weighted by Crippen LogP contribution is -2.39. The standard InChI is InChI=1S/C19H18F5N3O4/c1-27-10-12(9-25-27)5-6-13-3-2-4-15(16(13)31-18(20)21)17(29)26-14(11-28)7-8-30-19(22,23)24/h2-4,9-10,14,18,28H,7-8,11H2,1H3,(H,26,29)/t14-/m0/s1. The summed E-state index contributed by atoms with van der Waals surface area (Å²) in [5.74, 6) is 3.89. The summed E-state index contributed by atoms with van der Waals surface area (Å²) in [6, 6.07) is 2.81. The van der Waals surface area contributed by atoms with Gasteiger partial charge in [0, 0.05) is 13.2 Å². The van der Waals surface area contributed by atoms with E-state index in [1.165, 1.54) is 29.1 Å². The molecule has 0 spiro atoms. The first-order chi connectivity index (χ1) is 14.6. The molecular weight excluding hydrogens is 429 g/mol. The molecule has 12 heteroatoms. The van der Waals surface area contributed by atoms with Crippen LogP contribution in [-0.2, 0) is 11.8 Å². The molecule has 2 N–H and O–H groups in total. The van der Waals surface area contributed by atoms with Crippen molar-refractivity contribution in [1.82, 2.24) is 15.1 Å². The molecule has 1 aromatic heterocycles. The van der Waals surface area contributed by atoms with Crippen molar-refractivity contribution in [3.8, 4) is 17.6 Å². The van der Waals surface area contributed by atoms with Crippen LogP contribution in [0.25, 0.3) is 0 Å². The molecule has 0 unspecified atom stereocenters. The number of aliphatic hydroxyl groups excluding tert-OH is 1. The average molecular weight is 447 g/mol. The van der Waals surface area contributed by atoms with Crippen molar-refractivity contribution in [2.45, 2.75) is 25.4 Å². The first-order valence-electron chi connectivity index (χ1n) is 8.80. The van der Waals surface area contributed by atoms with E-state index in [2.05, 4.69) is 31.7 Å². The van der Waals surface area contributed by atoms with Gasteiger partial charge in [-0.2, -0.15) is 13.9 Å². The quantitative estimate of drug-likeness (QED) is 0.480. The van der Waals surface area contributed by atoms with Crippen LogP contribution in [0.3, 0.4) is 0 Å². The van der Waals surface area contributed by atoms with E-state index in [1.807, 2.05) is 0 Å². The van der Waals surface area contributed by atoms with Crippen molar-refractivity contribution in [3.05, 3.63) is 47.3 Å². The molecular formula is C19H18F5N3O4. The van der Waals surface area contributed by atoms with Gasteiger partial charge in [-0.1, -0.05) is 17.9 Å². The van der Waals surface area contributed by atoms with Crippen molar-refractivity contribution in [1.29, 1.82) is 0 Å². The third kappa shape index (κ3) is 7.88. The highest BCUT2D eigenvalue weighted by Crippen LogP contribution is 2.26. The maximum atomic E-state index is 12.9. The van der Waals surface area contributed by atoms with Gasteiger partial charge in [-0.3, -0.25) is 14.2 Å². The fourth-order valence-corrected chi connectivity index (χ4v) is 2.44. The Labute approximate surface area is 173 Å². The molecule has 1 aromatic carbocycles. The molecule has 0 radical (unpaired) electrons. The Morgan fingerprint density at radius 2 is 2.06 bits per heavy atom. The summed E-state index contributed by atoms with van der Waals surface area (Å²) in [5.41, 5.74) is 0.150. The molecule has 31 heavy (non-hydrogen) atoms. The molecule has 0 saturated heterocycles. The van der Waals surface area contributed by atoms with Gasteiger partial charge in [-0.05, 0) is 18.6 Å². The van der Waals surface area contributed by atoms with Crippen molar-refractivity contribution >= 4 is 5.91 Å². The number of para-hydroxylation sites is 1. The fourth-order valence-electron chi connectivity index (χ4n) is 2.44. The number of halogens is 5. The lowest BCUT2D eigenvalue weighted by Gasteiger charge is -2.18. The van der Waals surface area contributed by atoms with Crippen LogP contribution in [0.5, 0.6) is 5.75 Å². The van der Waals surface area contributed by atoms with Gasteiger partial charge in [-0.15, -0.1) is 13.2 Å². The number of aromatic nitrogens is 2. The summed E-state index contributed by atoms with van der Waals surface area (Å²) in [6.07, 6.45) is -2.19. The van der Waals surface area contributed by atoms with E-state index in [4.69, 9.17) is 0 Å². The number of nitrogens with zero attached hydrogens (tertiary/aromatic N) is 2. The number of aryl methyl sites for hydroxylation is 1. The molecule has 0 bridgehead atoms. The second kappa shape index (κ2) is 10.7. The number of alkyl halides is 5. The van der Waals surface area contributed by atoms with Crippen LogP contribution in [0.15, 0.2) is 30.6 Å². The van der Waals surface area contributed by atoms with Crippen LogP contribution in [0.4, 0.5) is 22.0 Å². The van der Waals surface area contributed by atoms with Gasteiger partial charge in [0.1, 0.15) is 0 Å². The van der Waals surface area contributed by atoms with Crippen molar-refractivity contribution < 1.29 is 41.3 Å². The summed E-state index contributed by atoms with van der Waals surface area (Å²) >= 11 is 0. The third-order valence-electron chi connectivity index (χ3n) is 3.80. The SMILES string of the molecule is Cn1cc(C#Cc2cccc(C(=O)N[C@H](CO)CCOC(F)(F)F)c2OC(F)F)cn1. The van der Waals surface area contributed by atoms with Crippen LogP contribution in [0.1, 0.15) is 27.9 Å². The minimum absolute atomic E-state index is 0.0160. The number of ether oxygens (including phenoxy) is 2. The van der Waals surface area contributed by atoms with E-state index >= 15 is 0 Å². The Morgan fingerprint density at radius 3 is 2.65 bits per heavy atom. The van der Waals surface area contributed by atoms with Crippen molar-refractivity contribution in [3.63, 3.8) is 0 Å². The van der Waals surface area contributed by atoms with E-state index in [0.29, 0.717) is 5.56 Å². The van der Waals surface area contributed by atoms with Crippen LogP contribution < -0.4 is 10.1 Å². The third-order valence-corrected chi connectivity index (χ3v) is 3.80. The van der Waals surface area contributed by atoms with Gasteiger partial charge < -0.3 is 15.2 Å². The highest BCUT2D eigenvalue weighted by atomic mass is 19.4. The zero-order valence-electron chi connectivity index (χ0n) is 16.1. The van der Waals surface area contributed by atoms with E-state index in [0.717, 1.165) is 0 Å². The van der Waals surface area contributed by atoms with Crippen molar-refractivity contribution in [2.75, 3.05) is 13.2 Å². The van der Waals surface area contributed by atoms with Gasteiger partial charge in [0.25, 0.3) is 5.91 Å². The molecule has 1 heterocycles. The number of carbonyl (C=O) groups excluding carboxylic acids is 1. The van der Waals surface area contributed by atoms with E-state index in [1.54, 1.807) is 13.2 Å². The van der Waals surface area contributed by atoms with Gasteiger partial charge >= 0.3 is 13.0 Å². The molecule has 7 nitrogen and oxygen atoms in total. The van der Waals surface area contributed by atoms with Crippen LogP contribution in [-0.4, -0.2) is 53.0 Å². The highest BCUT2D eigenvalue weighted by Gasteiger charge is 2.29. The predicted octanol–water partition coefficient (Wildman–Crippen LogP) is 2.44. The molecule has 1 atom stereocenters. The Kier molecular flexibility index (Phi) is 8.35. The van der Waals surface area contributed by atoms with E-state index in [-0.39, 0.29) is 17.5 Å². The number of rotatable bonds is 8. The lowest BCUT2D eigenvalue weighted by molar-refractivity contribution is -0.325. The first kappa shape index (κ1) is 24.1. The van der Waals surface area contributed by atoms with Gasteiger partial charge in [0.2, 0.25) is 0 Å². The van der Waals surface area contributed by atoms with Gasteiger partial charge in [0.15, 0.2) is 5.75 Å². The van der Waals surface area contributed by atoms with E-state index < -0.39 is 43.9 Å². The van der Waals surface area contributed by atoms with E-state index in [9.17, 15) is 31.9 Å². The molecule has 2 aromatic rings. The summed E-state index contributed by atoms with van der Waals surface area (Å²) in [5, 5.41) is 15.5. The topological polar surface area (TPSA) is 85.6 Å². The van der Waals surface area contributed by atoms with Gasteiger partial charge in [0.05, 0.1) is 42.1 Å². The Balaban J connectivity index is 2.23. The molecule has 1 amide bonds. The number of hydrogen-bond acceptors (Lipinski definition) is 5. The second-order valence-electron chi connectivity index (χ2n) is 6.15. The average Bonchev–Trinajstić information content (AvgIpc) is 3.10. The van der Waals surface area contributed by atoms with Crippen molar-refractivity contribution in [2.24, 2.45) is 7.05 Å². The highest BCUT2D eigenvalue weighted by molar-refractivity contribution is 5.98. The maximum absolute atomic E-state index is 12.9. The first-order valence-corrected chi connectivity index (χ1v) is 8.80. The van der Waals surface area contributed by atoms with Crippen LogP contribution in [0.2, 0.25) is 0 Å². The molecule has 2 rings (SSSR count). The zero-order chi connectivity index (χ0) is 23.0. The number of aliphatic hydroxyl groups is 1. The monoisotopic (exact) mass is 447 g/mol. The largest absolute Gasteiger partial charge is 0.522 e.